The lowest BCUT2D eigenvalue weighted by molar-refractivity contribution is -0.0150. The van der Waals surface area contributed by atoms with Gasteiger partial charge in [0.25, 0.3) is 0 Å². The topological polar surface area (TPSA) is 52.5 Å². The molecule has 6 nitrogen and oxygen atoms in total. The van der Waals surface area contributed by atoms with Gasteiger partial charge in [-0.3, -0.25) is 4.90 Å². The Hall–Kier alpha value is -2.21. The molecule has 6 heterocycles. The van der Waals surface area contributed by atoms with Gasteiger partial charge < -0.3 is 18.9 Å². The van der Waals surface area contributed by atoms with Crippen LogP contribution in [0, 0.1) is 11.8 Å². The monoisotopic (exact) mass is 382 g/mol. The minimum Gasteiger partial charge on any atom is -0.493 e. The highest BCUT2D eigenvalue weighted by Gasteiger charge is 2.69. The molecule has 28 heavy (non-hydrogen) atoms. The fraction of sp³-hybridized carbons (Fsp3) is 0.591. The first kappa shape index (κ1) is 16.7. The van der Waals surface area contributed by atoms with E-state index in [0.717, 1.165) is 31.2 Å². The molecule has 6 atom stereocenters. The molecule has 0 radical (unpaired) electrons. The Balaban J connectivity index is 1.59. The second-order valence-corrected chi connectivity index (χ2v) is 8.57. The molecule has 0 saturated carbocycles. The van der Waals surface area contributed by atoms with E-state index in [-0.39, 0.29) is 5.41 Å². The van der Waals surface area contributed by atoms with Gasteiger partial charge in [-0.05, 0) is 31.7 Å². The van der Waals surface area contributed by atoms with Crippen molar-refractivity contribution in [2.24, 2.45) is 16.8 Å². The van der Waals surface area contributed by atoms with Crippen LogP contribution in [0.4, 0.5) is 5.69 Å². The largest absolute Gasteiger partial charge is 0.493 e. The van der Waals surface area contributed by atoms with Crippen LogP contribution in [0.25, 0.3) is 0 Å². The smallest absolute Gasteiger partial charge is 0.205 e. The number of fused-ring (bicyclic) bond motifs is 2. The Morgan fingerprint density at radius 3 is 2.75 bits per heavy atom. The summed E-state index contributed by atoms with van der Waals surface area (Å²) < 4.78 is 23.4. The van der Waals surface area contributed by atoms with Crippen molar-refractivity contribution in [3.8, 4) is 17.2 Å². The molecule has 5 saturated heterocycles. The molecular weight excluding hydrogens is 356 g/mol. The summed E-state index contributed by atoms with van der Waals surface area (Å²) in [4.78, 5) is 7.72. The first-order valence-corrected chi connectivity index (χ1v) is 10.1. The van der Waals surface area contributed by atoms with Gasteiger partial charge in [0, 0.05) is 30.1 Å². The number of rotatable bonds is 3. The van der Waals surface area contributed by atoms with Crippen LogP contribution >= 0.6 is 0 Å². The Labute approximate surface area is 165 Å². The number of benzene rings is 1. The zero-order valence-electron chi connectivity index (χ0n) is 16.8. The summed E-state index contributed by atoms with van der Waals surface area (Å²) in [6.45, 7) is 4.01. The standard InChI is InChI=1S/C22H26N2O4/c1-5-11-9-24-15-8-22-14-7-16(25-2)19(26-3)20(27-4)18(14)23-21(22)28-10-13(15)12(11)6-17(22)24/h5,7,12-13,15,17H,6,8-10H2,1-4H3/b11-5+/t12-,13-,15-,17-,22+/m0/s1. The van der Waals surface area contributed by atoms with Gasteiger partial charge in [0.15, 0.2) is 11.5 Å². The number of nitrogens with zero attached hydrogens (tertiary/aromatic N) is 2. The Morgan fingerprint density at radius 2 is 2.04 bits per heavy atom. The zero-order chi connectivity index (χ0) is 19.2. The lowest BCUT2D eigenvalue weighted by atomic mass is 9.68. The summed E-state index contributed by atoms with van der Waals surface area (Å²) in [5.74, 6) is 4.01. The molecule has 148 valence electrons. The van der Waals surface area contributed by atoms with Gasteiger partial charge in [0.1, 0.15) is 5.69 Å². The lowest BCUT2D eigenvalue weighted by Crippen LogP contribution is -2.61. The third-order valence-electron chi connectivity index (χ3n) is 7.92. The Bertz CT molecular complexity index is 939. The van der Waals surface area contributed by atoms with Crippen molar-refractivity contribution >= 4 is 11.6 Å². The van der Waals surface area contributed by atoms with E-state index in [4.69, 9.17) is 23.9 Å². The van der Waals surface area contributed by atoms with Gasteiger partial charge in [-0.15, -0.1) is 0 Å². The number of hydrogen-bond donors (Lipinski definition) is 0. The number of piperidine rings is 3. The molecule has 1 aromatic rings. The molecule has 1 spiro atoms. The van der Waals surface area contributed by atoms with Crippen molar-refractivity contribution in [3.63, 3.8) is 0 Å². The van der Waals surface area contributed by atoms with E-state index in [9.17, 15) is 0 Å². The van der Waals surface area contributed by atoms with Crippen LogP contribution in [-0.4, -0.2) is 57.4 Å². The van der Waals surface area contributed by atoms with Gasteiger partial charge in [-0.2, -0.15) is 0 Å². The van der Waals surface area contributed by atoms with E-state index in [0.29, 0.717) is 41.2 Å². The zero-order valence-corrected chi connectivity index (χ0v) is 16.8. The summed E-state index contributed by atoms with van der Waals surface area (Å²) in [5, 5.41) is 0. The first-order valence-electron chi connectivity index (χ1n) is 10.1. The molecule has 6 aliphatic heterocycles. The maximum atomic E-state index is 6.42. The predicted octanol–water partition coefficient (Wildman–Crippen LogP) is 3.06. The highest BCUT2D eigenvalue weighted by molar-refractivity contribution is 6.00. The number of allylic oxidation sites excluding steroid dienone is 1. The van der Waals surface area contributed by atoms with Crippen molar-refractivity contribution < 1.29 is 18.9 Å². The molecule has 6 aliphatic rings. The van der Waals surface area contributed by atoms with E-state index in [2.05, 4.69) is 24.0 Å². The maximum absolute atomic E-state index is 6.42. The van der Waals surface area contributed by atoms with Crippen molar-refractivity contribution in [3.05, 3.63) is 23.3 Å². The second kappa shape index (κ2) is 5.44. The Morgan fingerprint density at radius 1 is 1.21 bits per heavy atom. The van der Waals surface area contributed by atoms with Crippen molar-refractivity contribution in [1.29, 1.82) is 0 Å². The molecule has 5 bridgehead atoms. The number of hydrogen-bond acceptors (Lipinski definition) is 6. The summed E-state index contributed by atoms with van der Waals surface area (Å²) in [6, 6.07) is 3.10. The molecule has 0 amide bonds. The number of aliphatic imine (C=N–C) groups is 1. The van der Waals surface area contributed by atoms with E-state index < -0.39 is 0 Å². The third kappa shape index (κ3) is 1.68. The predicted molar refractivity (Wildman–Crippen MR) is 105 cm³/mol. The third-order valence-corrected chi connectivity index (χ3v) is 7.92. The van der Waals surface area contributed by atoms with Gasteiger partial charge in [-0.25, -0.2) is 4.99 Å². The summed E-state index contributed by atoms with van der Waals surface area (Å²) in [7, 11) is 4.98. The molecule has 6 heteroatoms. The molecule has 0 aliphatic carbocycles. The van der Waals surface area contributed by atoms with Crippen molar-refractivity contribution in [2.45, 2.75) is 37.3 Å². The SMILES string of the molecule is C/C=C1\CN2[C@H]3C[C@@H]1[C@@H]1COC4=Nc5c(cc(OC)c(OC)c5OC)[C@@]43C[C@@H]12. The molecule has 1 unspecified atom stereocenters. The second-order valence-electron chi connectivity index (χ2n) is 8.57. The van der Waals surface area contributed by atoms with Gasteiger partial charge >= 0.3 is 0 Å². The van der Waals surface area contributed by atoms with Gasteiger partial charge in [0.2, 0.25) is 11.6 Å². The van der Waals surface area contributed by atoms with E-state index >= 15 is 0 Å². The average molecular weight is 382 g/mol. The van der Waals surface area contributed by atoms with Crippen LogP contribution in [0.2, 0.25) is 0 Å². The minimum atomic E-state index is -0.199. The summed E-state index contributed by atoms with van der Waals surface area (Å²) in [6.07, 6.45) is 4.57. The normalized spacial score (nSPS) is 39.9. The molecule has 0 N–H and O–H groups in total. The minimum absolute atomic E-state index is 0.199. The number of methoxy groups -OCH3 is 3. The van der Waals surface area contributed by atoms with Crippen LogP contribution in [0.15, 0.2) is 22.7 Å². The first-order chi connectivity index (χ1) is 13.7. The fourth-order valence-corrected chi connectivity index (χ4v) is 6.79. The molecule has 7 rings (SSSR count). The van der Waals surface area contributed by atoms with Crippen LogP contribution in [-0.2, 0) is 10.2 Å². The van der Waals surface area contributed by atoms with E-state index in [1.807, 2.05) is 0 Å². The summed E-state index contributed by atoms with van der Waals surface area (Å²) >= 11 is 0. The average Bonchev–Trinajstić information content (AvgIpc) is 3.08. The fourth-order valence-electron chi connectivity index (χ4n) is 6.79. The molecular formula is C22H26N2O4. The van der Waals surface area contributed by atoms with Crippen molar-refractivity contribution in [1.82, 2.24) is 4.90 Å². The molecule has 1 aromatic carbocycles. The van der Waals surface area contributed by atoms with Gasteiger partial charge in [-0.1, -0.05) is 11.6 Å². The lowest BCUT2D eigenvalue weighted by Gasteiger charge is -2.54. The number of ether oxygens (including phenoxy) is 4. The summed E-state index contributed by atoms with van der Waals surface area (Å²) in [5.41, 5.74) is 3.42. The van der Waals surface area contributed by atoms with E-state index in [1.165, 1.54) is 12.0 Å². The maximum Gasteiger partial charge on any atom is 0.205 e. The quantitative estimate of drug-likeness (QED) is 0.752. The van der Waals surface area contributed by atoms with Crippen LogP contribution in [0.3, 0.4) is 0 Å². The van der Waals surface area contributed by atoms with Crippen LogP contribution < -0.4 is 14.2 Å². The highest BCUT2D eigenvalue weighted by atomic mass is 16.5. The molecule has 5 fully saturated rings. The highest BCUT2D eigenvalue weighted by Crippen LogP contribution is 2.65. The Kier molecular flexibility index (Phi) is 3.25. The molecule has 0 aromatic heterocycles. The van der Waals surface area contributed by atoms with Crippen LogP contribution in [0.1, 0.15) is 25.3 Å². The van der Waals surface area contributed by atoms with Crippen molar-refractivity contribution in [2.75, 3.05) is 34.5 Å². The van der Waals surface area contributed by atoms with Crippen LogP contribution in [0.5, 0.6) is 17.2 Å². The van der Waals surface area contributed by atoms with Gasteiger partial charge in [0.05, 0.1) is 33.4 Å². The van der Waals surface area contributed by atoms with E-state index in [1.54, 1.807) is 26.9 Å².